The van der Waals surface area contributed by atoms with Crippen LogP contribution in [0.3, 0.4) is 0 Å². The highest BCUT2D eigenvalue weighted by Gasteiger charge is 2.26. The van der Waals surface area contributed by atoms with Gasteiger partial charge in [0.15, 0.2) is 5.69 Å². The molecule has 0 atom stereocenters. The van der Waals surface area contributed by atoms with Crippen molar-refractivity contribution in [3.05, 3.63) is 24.0 Å². The van der Waals surface area contributed by atoms with E-state index < -0.39 is 10.0 Å². The third-order valence-electron chi connectivity index (χ3n) is 3.62. The Bertz CT molecular complexity index is 601. The Balaban J connectivity index is 2.11. The van der Waals surface area contributed by atoms with Crippen molar-refractivity contribution in [1.29, 1.82) is 5.26 Å². The van der Waals surface area contributed by atoms with Gasteiger partial charge in [-0.05, 0) is 44.9 Å². The molecule has 0 spiro atoms. The molecule has 2 N–H and O–H groups in total. The predicted molar refractivity (Wildman–Crippen MR) is 74.4 cm³/mol. The molecule has 0 bridgehead atoms. The lowest BCUT2D eigenvalue weighted by Crippen LogP contribution is -2.41. The summed E-state index contributed by atoms with van der Waals surface area (Å²) in [5, 5.41) is 12.1. The Labute approximate surface area is 119 Å². The second-order valence-electron chi connectivity index (χ2n) is 4.92. The van der Waals surface area contributed by atoms with Gasteiger partial charge in [0, 0.05) is 18.3 Å². The summed E-state index contributed by atoms with van der Waals surface area (Å²) in [5.74, 6) is 0. The minimum absolute atomic E-state index is 0.0433. The fourth-order valence-electron chi connectivity index (χ4n) is 2.47. The SMILES string of the molecule is CNC1CCC(NS(=O)(=O)c2cccnc2C#N)CC1. The number of sulfonamides is 1. The van der Waals surface area contributed by atoms with Gasteiger partial charge in [0.25, 0.3) is 0 Å². The van der Waals surface area contributed by atoms with E-state index in [9.17, 15) is 8.42 Å². The molecular weight excluding hydrogens is 276 g/mol. The van der Waals surface area contributed by atoms with Crippen molar-refractivity contribution in [1.82, 2.24) is 15.0 Å². The highest BCUT2D eigenvalue weighted by Crippen LogP contribution is 2.21. The summed E-state index contributed by atoms with van der Waals surface area (Å²) in [6.07, 6.45) is 4.90. The smallest absolute Gasteiger partial charge is 0.243 e. The van der Waals surface area contributed by atoms with Gasteiger partial charge >= 0.3 is 0 Å². The van der Waals surface area contributed by atoms with Gasteiger partial charge < -0.3 is 5.32 Å². The van der Waals surface area contributed by atoms with Crippen LogP contribution in [0, 0.1) is 11.3 Å². The summed E-state index contributed by atoms with van der Waals surface area (Å²) in [6, 6.07) is 5.13. The van der Waals surface area contributed by atoms with Crippen molar-refractivity contribution < 1.29 is 8.42 Å². The number of hydrogen-bond donors (Lipinski definition) is 2. The van der Waals surface area contributed by atoms with Crippen molar-refractivity contribution in [2.24, 2.45) is 0 Å². The molecule has 0 radical (unpaired) electrons. The number of nitrogens with one attached hydrogen (secondary N) is 2. The average Bonchev–Trinajstić information content (AvgIpc) is 2.47. The predicted octanol–water partition coefficient (Wildman–Crippen LogP) is 0.762. The molecule has 6 nitrogen and oxygen atoms in total. The van der Waals surface area contributed by atoms with Gasteiger partial charge in [-0.3, -0.25) is 0 Å². The Morgan fingerprint density at radius 1 is 1.30 bits per heavy atom. The van der Waals surface area contributed by atoms with Crippen molar-refractivity contribution in [2.45, 2.75) is 42.7 Å². The minimum atomic E-state index is -3.68. The zero-order valence-electron chi connectivity index (χ0n) is 11.3. The number of nitriles is 1. The maximum Gasteiger partial charge on any atom is 0.243 e. The van der Waals surface area contributed by atoms with E-state index in [0.29, 0.717) is 6.04 Å². The summed E-state index contributed by atoms with van der Waals surface area (Å²) >= 11 is 0. The van der Waals surface area contributed by atoms with Gasteiger partial charge in [0.2, 0.25) is 10.0 Å². The summed E-state index contributed by atoms with van der Waals surface area (Å²) in [5.41, 5.74) is -0.0658. The molecule has 1 fully saturated rings. The van der Waals surface area contributed by atoms with Gasteiger partial charge in [-0.25, -0.2) is 18.1 Å². The van der Waals surface area contributed by atoms with Crippen LogP contribution in [-0.2, 0) is 10.0 Å². The standard InChI is InChI=1S/C13H18N4O2S/c1-15-10-4-6-11(7-5-10)17-20(18,19)13-3-2-8-16-12(13)9-14/h2-3,8,10-11,15,17H,4-7H2,1H3. The molecule has 1 aromatic heterocycles. The van der Waals surface area contributed by atoms with E-state index in [-0.39, 0.29) is 16.6 Å². The number of pyridine rings is 1. The van der Waals surface area contributed by atoms with E-state index >= 15 is 0 Å². The first-order valence-corrected chi connectivity index (χ1v) is 8.10. The monoisotopic (exact) mass is 294 g/mol. The van der Waals surface area contributed by atoms with Crippen LogP contribution in [0.25, 0.3) is 0 Å². The Hall–Kier alpha value is -1.49. The highest BCUT2D eigenvalue weighted by atomic mass is 32.2. The third-order valence-corrected chi connectivity index (χ3v) is 5.18. The molecule has 0 aromatic carbocycles. The number of hydrogen-bond acceptors (Lipinski definition) is 5. The molecule has 0 saturated heterocycles. The van der Waals surface area contributed by atoms with Crippen LogP contribution < -0.4 is 10.0 Å². The third kappa shape index (κ3) is 3.33. The van der Waals surface area contributed by atoms with Gasteiger partial charge in [-0.1, -0.05) is 0 Å². The van der Waals surface area contributed by atoms with Crippen LogP contribution in [0.5, 0.6) is 0 Å². The van der Waals surface area contributed by atoms with Crippen molar-refractivity contribution >= 4 is 10.0 Å². The number of nitrogens with zero attached hydrogens (tertiary/aromatic N) is 2. The second kappa shape index (κ2) is 6.31. The quantitative estimate of drug-likeness (QED) is 0.855. The van der Waals surface area contributed by atoms with Crippen molar-refractivity contribution in [3.63, 3.8) is 0 Å². The minimum Gasteiger partial charge on any atom is -0.317 e. The average molecular weight is 294 g/mol. The highest BCUT2D eigenvalue weighted by molar-refractivity contribution is 7.89. The molecule has 2 rings (SSSR count). The zero-order valence-corrected chi connectivity index (χ0v) is 12.2. The maximum atomic E-state index is 12.3. The van der Waals surface area contributed by atoms with E-state index in [1.807, 2.05) is 13.1 Å². The molecule has 0 aliphatic heterocycles. The van der Waals surface area contributed by atoms with Crippen LogP contribution in [0.1, 0.15) is 31.4 Å². The molecular formula is C13H18N4O2S. The van der Waals surface area contributed by atoms with E-state index in [1.54, 1.807) is 0 Å². The van der Waals surface area contributed by atoms with Gasteiger partial charge in [-0.15, -0.1) is 0 Å². The first-order valence-electron chi connectivity index (χ1n) is 6.61. The summed E-state index contributed by atoms with van der Waals surface area (Å²) in [4.78, 5) is 3.75. The van der Waals surface area contributed by atoms with Crippen LogP contribution in [-0.4, -0.2) is 32.5 Å². The van der Waals surface area contributed by atoms with Crippen molar-refractivity contribution in [3.8, 4) is 6.07 Å². The van der Waals surface area contributed by atoms with Crippen molar-refractivity contribution in [2.75, 3.05) is 7.05 Å². The molecule has 1 aliphatic carbocycles. The fraction of sp³-hybridized carbons (Fsp3) is 0.538. The van der Waals surface area contributed by atoms with Gasteiger partial charge in [0.1, 0.15) is 11.0 Å². The Kier molecular flexibility index (Phi) is 4.70. The van der Waals surface area contributed by atoms with E-state index in [1.165, 1.54) is 18.3 Å². The molecule has 1 aliphatic rings. The van der Waals surface area contributed by atoms with E-state index in [0.717, 1.165) is 25.7 Å². The van der Waals surface area contributed by atoms with E-state index in [2.05, 4.69) is 15.0 Å². The van der Waals surface area contributed by atoms with Crippen LogP contribution in [0.2, 0.25) is 0 Å². The molecule has 1 saturated carbocycles. The Morgan fingerprint density at radius 3 is 2.55 bits per heavy atom. The van der Waals surface area contributed by atoms with Crippen LogP contribution in [0.4, 0.5) is 0 Å². The normalized spacial score (nSPS) is 23.2. The first kappa shape index (κ1) is 14.9. The largest absolute Gasteiger partial charge is 0.317 e. The summed E-state index contributed by atoms with van der Waals surface area (Å²) in [6.45, 7) is 0. The second-order valence-corrected chi connectivity index (χ2v) is 6.60. The van der Waals surface area contributed by atoms with Crippen LogP contribution >= 0.6 is 0 Å². The van der Waals surface area contributed by atoms with Crippen LogP contribution in [0.15, 0.2) is 23.2 Å². The number of rotatable bonds is 4. The van der Waals surface area contributed by atoms with E-state index in [4.69, 9.17) is 5.26 Å². The lowest BCUT2D eigenvalue weighted by Gasteiger charge is -2.28. The summed E-state index contributed by atoms with van der Waals surface area (Å²) < 4.78 is 27.3. The first-order chi connectivity index (χ1) is 9.56. The molecule has 1 aromatic rings. The van der Waals surface area contributed by atoms with Gasteiger partial charge in [-0.2, -0.15) is 5.26 Å². The fourth-order valence-corrected chi connectivity index (χ4v) is 3.89. The maximum absolute atomic E-state index is 12.3. The molecule has 0 unspecified atom stereocenters. The molecule has 108 valence electrons. The summed E-state index contributed by atoms with van der Waals surface area (Å²) in [7, 11) is -1.76. The number of aromatic nitrogens is 1. The topological polar surface area (TPSA) is 94.9 Å². The molecule has 20 heavy (non-hydrogen) atoms. The molecule has 7 heteroatoms. The Morgan fingerprint density at radius 2 is 1.95 bits per heavy atom. The lowest BCUT2D eigenvalue weighted by atomic mass is 9.92. The zero-order chi connectivity index (χ0) is 14.6. The molecule has 0 amide bonds. The lowest BCUT2D eigenvalue weighted by molar-refractivity contribution is 0.342. The molecule has 1 heterocycles. The van der Waals surface area contributed by atoms with Gasteiger partial charge in [0.05, 0.1) is 0 Å².